The Morgan fingerprint density at radius 3 is 2.24 bits per heavy atom. The SMILES string of the molecule is NCc1cc(F)ccc1Nc1ccc(F)cc1. The second-order valence-electron chi connectivity index (χ2n) is 3.64. The molecule has 0 aliphatic carbocycles. The highest BCUT2D eigenvalue weighted by molar-refractivity contribution is 5.63. The maximum absolute atomic E-state index is 13.0. The standard InChI is InChI=1S/C13H12F2N2/c14-10-1-4-12(5-2-10)17-13-6-3-11(15)7-9(13)8-16/h1-7,17H,8,16H2. The summed E-state index contributed by atoms with van der Waals surface area (Å²) in [6.07, 6.45) is 0. The minimum absolute atomic E-state index is 0.237. The molecule has 0 saturated heterocycles. The Labute approximate surface area is 98.1 Å². The lowest BCUT2D eigenvalue weighted by Crippen LogP contribution is -2.02. The lowest BCUT2D eigenvalue weighted by molar-refractivity contribution is 0.626. The fraction of sp³-hybridized carbons (Fsp3) is 0.0769. The fourth-order valence-electron chi connectivity index (χ4n) is 1.54. The van der Waals surface area contributed by atoms with Gasteiger partial charge in [0, 0.05) is 17.9 Å². The normalized spacial score (nSPS) is 10.3. The molecule has 0 unspecified atom stereocenters. The van der Waals surface area contributed by atoms with Gasteiger partial charge in [-0.2, -0.15) is 0 Å². The molecule has 0 heterocycles. The molecule has 17 heavy (non-hydrogen) atoms. The number of anilines is 2. The third-order valence-corrected chi connectivity index (χ3v) is 2.41. The monoisotopic (exact) mass is 234 g/mol. The molecule has 0 radical (unpaired) electrons. The molecule has 2 aromatic rings. The van der Waals surface area contributed by atoms with Crippen molar-refractivity contribution in [3.8, 4) is 0 Å². The number of benzene rings is 2. The van der Waals surface area contributed by atoms with Gasteiger partial charge in [-0.05, 0) is 48.0 Å². The van der Waals surface area contributed by atoms with E-state index in [9.17, 15) is 8.78 Å². The van der Waals surface area contributed by atoms with Crippen LogP contribution in [0.1, 0.15) is 5.56 Å². The van der Waals surface area contributed by atoms with Crippen LogP contribution < -0.4 is 11.1 Å². The molecule has 3 N–H and O–H groups in total. The first-order chi connectivity index (χ1) is 8.19. The van der Waals surface area contributed by atoms with Crippen molar-refractivity contribution in [3.63, 3.8) is 0 Å². The van der Waals surface area contributed by atoms with Crippen molar-refractivity contribution in [1.29, 1.82) is 0 Å². The molecule has 0 aliphatic heterocycles. The van der Waals surface area contributed by atoms with Crippen LogP contribution in [-0.2, 0) is 6.54 Å². The quantitative estimate of drug-likeness (QED) is 0.856. The Morgan fingerprint density at radius 2 is 1.59 bits per heavy atom. The van der Waals surface area contributed by atoms with Crippen LogP contribution in [0.4, 0.5) is 20.2 Å². The second-order valence-corrected chi connectivity index (χ2v) is 3.64. The number of nitrogens with one attached hydrogen (secondary N) is 1. The van der Waals surface area contributed by atoms with E-state index in [1.165, 1.54) is 24.3 Å². The van der Waals surface area contributed by atoms with Crippen LogP contribution in [0.25, 0.3) is 0 Å². The van der Waals surface area contributed by atoms with Gasteiger partial charge in [0.05, 0.1) is 0 Å². The predicted molar refractivity (Wildman–Crippen MR) is 64.0 cm³/mol. The maximum Gasteiger partial charge on any atom is 0.123 e. The van der Waals surface area contributed by atoms with Gasteiger partial charge in [-0.1, -0.05) is 0 Å². The highest BCUT2D eigenvalue weighted by Crippen LogP contribution is 2.21. The third kappa shape index (κ3) is 2.79. The molecule has 4 heteroatoms. The van der Waals surface area contributed by atoms with E-state index in [-0.39, 0.29) is 18.2 Å². The number of hydrogen-bond donors (Lipinski definition) is 2. The van der Waals surface area contributed by atoms with E-state index >= 15 is 0 Å². The van der Waals surface area contributed by atoms with Crippen molar-refractivity contribution >= 4 is 11.4 Å². The van der Waals surface area contributed by atoms with Crippen LogP contribution in [0.15, 0.2) is 42.5 Å². The number of halogens is 2. The topological polar surface area (TPSA) is 38.0 Å². The zero-order chi connectivity index (χ0) is 12.3. The van der Waals surface area contributed by atoms with Crippen molar-refractivity contribution in [1.82, 2.24) is 0 Å². The molecule has 88 valence electrons. The van der Waals surface area contributed by atoms with Crippen molar-refractivity contribution in [2.24, 2.45) is 5.73 Å². The van der Waals surface area contributed by atoms with Crippen molar-refractivity contribution < 1.29 is 8.78 Å². The Kier molecular flexibility index (Phi) is 3.35. The average molecular weight is 234 g/mol. The highest BCUT2D eigenvalue weighted by atomic mass is 19.1. The summed E-state index contributed by atoms with van der Waals surface area (Å²) in [5.41, 5.74) is 7.66. The first-order valence-corrected chi connectivity index (χ1v) is 5.20. The smallest absolute Gasteiger partial charge is 0.123 e. The van der Waals surface area contributed by atoms with Crippen LogP contribution in [0.3, 0.4) is 0 Å². The van der Waals surface area contributed by atoms with E-state index in [1.54, 1.807) is 18.2 Å². The first-order valence-electron chi connectivity index (χ1n) is 5.20. The largest absolute Gasteiger partial charge is 0.355 e. The fourth-order valence-corrected chi connectivity index (χ4v) is 1.54. The molecular formula is C13H12F2N2. The minimum Gasteiger partial charge on any atom is -0.355 e. The van der Waals surface area contributed by atoms with E-state index in [2.05, 4.69) is 5.32 Å². The van der Waals surface area contributed by atoms with E-state index in [4.69, 9.17) is 5.73 Å². The third-order valence-electron chi connectivity index (χ3n) is 2.41. The van der Waals surface area contributed by atoms with Gasteiger partial charge in [-0.15, -0.1) is 0 Å². The van der Waals surface area contributed by atoms with Gasteiger partial charge in [0.25, 0.3) is 0 Å². The van der Waals surface area contributed by atoms with Crippen LogP contribution in [0.5, 0.6) is 0 Å². The molecule has 0 aromatic heterocycles. The van der Waals surface area contributed by atoms with Gasteiger partial charge in [-0.3, -0.25) is 0 Å². The molecule has 0 fully saturated rings. The lowest BCUT2D eigenvalue weighted by Gasteiger charge is -2.10. The highest BCUT2D eigenvalue weighted by Gasteiger charge is 2.03. The van der Waals surface area contributed by atoms with Gasteiger partial charge >= 0.3 is 0 Å². The molecule has 0 bridgehead atoms. The van der Waals surface area contributed by atoms with Gasteiger partial charge in [-0.25, -0.2) is 8.78 Å². The molecule has 0 saturated carbocycles. The van der Waals surface area contributed by atoms with E-state index in [0.717, 1.165) is 11.4 Å². The summed E-state index contributed by atoms with van der Waals surface area (Å²) in [5.74, 6) is -0.621. The van der Waals surface area contributed by atoms with Crippen molar-refractivity contribution in [3.05, 3.63) is 59.7 Å². The number of nitrogens with two attached hydrogens (primary N) is 1. The molecule has 0 aliphatic rings. The Morgan fingerprint density at radius 1 is 0.941 bits per heavy atom. The van der Waals surface area contributed by atoms with Gasteiger partial charge in [0.15, 0.2) is 0 Å². The summed E-state index contributed by atoms with van der Waals surface area (Å²) >= 11 is 0. The summed E-state index contributed by atoms with van der Waals surface area (Å²) < 4.78 is 25.7. The zero-order valence-corrected chi connectivity index (χ0v) is 9.08. The first kappa shape index (κ1) is 11.5. The van der Waals surface area contributed by atoms with Crippen molar-refractivity contribution in [2.75, 3.05) is 5.32 Å². The summed E-state index contributed by atoms with van der Waals surface area (Å²) in [5, 5.41) is 3.06. The van der Waals surface area contributed by atoms with Gasteiger partial charge < -0.3 is 11.1 Å². The molecule has 2 nitrogen and oxygen atoms in total. The summed E-state index contributed by atoms with van der Waals surface area (Å²) in [7, 11) is 0. The molecule has 0 spiro atoms. The number of hydrogen-bond acceptors (Lipinski definition) is 2. The predicted octanol–water partition coefficient (Wildman–Crippen LogP) is 3.17. The van der Waals surface area contributed by atoms with Crippen LogP contribution in [0, 0.1) is 11.6 Å². The summed E-state index contributed by atoms with van der Waals surface area (Å²) in [6, 6.07) is 10.3. The van der Waals surface area contributed by atoms with Gasteiger partial charge in [0.1, 0.15) is 11.6 Å². The van der Waals surface area contributed by atoms with Gasteiger partial charge in [0.2, 0.25) is 0 Å². The molecular weight excluding hydrogens is 222 g/mol. The Balaban J connectivity index is 2.26. The molecule has 0 amide bonds. The summed E-state index contributed by atoms with van der Waals surface area (Å²) in [6.45, 7) is 0.237. The average Bonchev–Trinajstić information content (AvgIpc) is 2.34. The second kappa shape index (κ2) is 4.93. The van der Waals surface area contributed by atoms with Crippen LogP contribution in [0.2, 0.25) is 0 Å². The molecule has 2 aromatic carbocycles. The zero-order valence-electron chi connectivity index (χ0n) is 9.08. The minimum atomic E-state index is -0.324. The Hall–Kier alpha value is -1.94. The summed E-state index contributed by atoms with van der Waals surface area (Å²) in [4.78, 5) is 0. The van der Waals surface area contributed by atoms with E-state index < -0.39 is 0 Å². The molecule has 2 rings (SSSR count). The molecule has 0 atom stereocenters. The van der Waals surface area contributed by atoms with E-state index in [0.29, 0.717) is 5.56 Å². The Bertz CT molecular complexity index is 509. The van der Waals surface area contributed by atoms with E-state index in [1.807, 2.05) is 0 Å². The number of rotatable bonds is 3. The maximum atomic E-state index is 13.0. The van der Waals surface area contributed by atoms with Crippen molar-refractivity contribution in [2.45, 2.75) is 6.54 Å². The van der Waals surface area contributed by atoms with Crippen LogP contribution in [-0.4, -0.2) is 0 Å². The van der Waals surface area contributed by atoms with Crippen LogP contribution >= 0.6 is 0 Å². The lowest BCUT2D eigenvalue weighted by atomic mass is 10.1.